The van der Waals surface area contributed by atoms with Crippen LogP contribution in [0.3, 0.4) is 0 Å². The number of carbonyl (C=O) groups is 1. The van der Waals surface area contributed by atoms with Gasteiger partial charge < -0.3 is 15.8 Å². The van der Waals surface area contributed by atoms with E-state index in [4.69, 9.17) is 10.5 Å². The second-order valence-electron chi connectivity index (χ2n) is 5.56. The predicted octanol–water partition coefficient (Wildman–Crippen LogP) is 0.703. The van der Waals surface area contributed by atoms with Crippen LogP contribution in [0.4, 0.5) is 5.69 Å². The summed E-state index contributed by atoms with van der Waals surface area (Å²) >= 11 is 0. The lowest BCUT2D eigenvalue weighted by Gasteiger charge is -2.41. The molecule has 0 aromatic carbocycles. The van der Waals surface area contributed by atoms with Gasteiger partial charge in [-0.05, 0) is 26.0 Å². The Kier molecular flexibility index (Phi) is 4.57. The number of aromatic nitrogens is 1. The number of amides is 1. The number of anilines is 1. The van der Waals surface area contributed by atoms with Crippen LogP contribution >= 0.6 is 0 Å². The normalized spacial score (nSPS) is 16.9. The number of nitrogens with zero attached hydrogens (tertiary/aromatic N) is 2. The maximum Gasteiger partial charge on any atom is 0.267 e. The van der Waals surface area contributed by atoms with E-state index in [1.807, 2.05) is 6.07 Å². The van der Waals surface area contributed by atoms with Gasteiger partial charge in [-0.3, -0.25) is 14.7 Å². The second-order valence-corrected chi connectivity index (χ2v) is 5.56. The second kappa shape index (κ2) is 6.19. The minimum Gasteiger partial charge on any atom is -0.383 e. The van der Waals surface area contributed by atoms with Crippen molar-refractivity contribution < 1.29 is 9.53 Å². The number of hydrogen-bond donors (Lipinski definition) is 2. The predicted molar refractivity (Wildman–Crippen MR) is 77.7 cm³/mol. The highest BCUT2D eigenvalue weighted by molar-refractivity contribution is 5.91. The lowest BCUT2D eigenvalue weighted by molar-refractivity contribution is -0.00568. The molecular formula is C14H22N4O2. The molecule has 0 bridgehead atoms. The van der Waals surface area contributed by atoms with E-state index in [1.54, 1.807) is 12.3 Å². The number of morpholine rings is 1. The van der Waals surface area contributed by atoms with Crippen LogP contribution in [0.25, 0.3) is 0 Å². The van der Waals surface area contributed by atoms with Gasteiger partial charge in [-0.25, -0.2) is 0 Å². The Morgan fingerprint density at radius 2 is 2.20 bits per heavy atom. The summed E-state index contributed by atoms with van der Waals surface area (Å²) in [4.78, 5) is 17.4. The molecule has 0 unspecified atom stereocenters. The molecule has 1 aromatic rings. The zero-order valence-electron chi connectivity index (χ0n) is 12.1. The highest BCUT2D eigenvalue weighted by Crippen LogP contribution is 2.18. The number of nitrogens with one attached hydrogen (secondary N) is 1. The molecule has 0 atom stereocenters. The summed E-state index contributed by atoms with van der Waals surface area (Å²) in [5.41, 5.74) is 6.38. The summed E-state index contributed by atoms with van der Waals surface area (Å²) in [6.45, 7) is 8.61. The lowest BCUT2D eigenvalue weighted by atomic mass is 10.0. The van der Waals surface area contributed by atoms with Crippen molar-refractivity contribution in [3.05, 3.63) is 24.0 Å². The Balaban J connectivity index is 1.96. The SMILES string of the molecule is CC(C)(CNc1ccnc(C(N)=O)c1)N1CCOCC1. The summed E-state index contributed by atoms with van der Waals surface area (Å²) < 4.78 is 5.38. The van der Waals surface area contributed by atoms with Gasteiger partial charge in [0.25, 0.3) is 5.91 Å². The molecule has 0 radical (unpaired) electrons. The Labute approximate surface area is 119 Å². The summed E-state index contributed by atoms with van der Waals surface area (Å²) in [6, 6.07) is 3.51. The van der Waals surface area contributed by atoms with Gasteiger partial charge in [-0.15, -0.1) is 0 Å². The van der Waals surface area contributed by atoms with Crippen molar-refractivity contribution in [2.24, 2.45) is 5.73 Å². The quantitative estimate of drug-likeness (QED) is 0.829. The largest absolute Gasteiger partial charge is 0.383 e. The topological polar surface area (TPSA) is 80.5 Å². The first-order valence-corrected chi connectivity index (χ1v) is 6.81. The van der Waals surface area contributed by atoms with Crippen LogP contribution in [0.5, 0.6) is 0 Å². The van der Waals surface area contributed by atoms with Crippen molar-refractivity contribution in [2.75, 3.05) is 38.2 Å². The molecule has 1 fully saturated rings. The number of carbonyl (C=O) groups excluding carboxylic acids is 1. The molecule has 0 spiro atoms. The van der Waals surface area contributed by atoms with Gasteiger partial charge in [0.2, 0.25) is 0 Å². The first-order valence-electron chi connectivity index (χ1n) is 6.81. The molecule has 1 amide bonds. The Morgan fingerprint density at radius 1 is 1.50 bits per heavy atom. The third-order valence-corrected chi connectivity index (χ3v) is 3.60. The number of primary amides is 1. The fourth-order valence-electron chi connectivity index (χ4n) is 2.27. The van der Waals surface area contributed by atoms with E-state index in [1.165, 1.54) is 0 Å². The Bertz CT molecular complexity index is 470. The van der Waals surface area contributed by atoms with Gasteiger partial charge in [0, 0.05) is 37.1 Å². The van der Waals surface area contributed by atoms with E-state index in [0.29, 0.717) is 0 Å². The van der Waals surface area contributed by atoms with Crippen LogP contribution in [0.1, 0.15) is 24.3 Å². The highest BCUT2D eigenvalue weighted by Gasteiger charge is 2.27. The van der Waals surface area contributed by atoms with Crippen LogP contribution < -0.4 is 11.1 Å². The van der Waals surface area contributed by atoms with Gasteiger partial charge in [0.1, 0.15) is 5.69 Å². The molecule has 0 aliphatic carbocycles. The number of pyridine rings is 1. The van der Waals surface area contributed by atoms with E-state index in [9.17, 15) is 4.79 Å². The molecular weight excluding hydrogens is 256 g/mol. The Hall–Kier alpha value is -1.66. The van der Waals surface area contributed by atoms with Gasteiger partial charge in [0.05, 0.1) is 13.2 Å². The fourth-order valence-corrected chi connectivity index (χ4v) is 2.27. The maximum absolute atomic E-state index is 11.1. The zero-order valence-corrected chi connectivity index (χ0v) is 12.1. The molecule has 6 nitrogen and oxygen atoms in total. The van der Waals surface area contributed by atoms with Gasteiger partial charge in [-0.1, -0.05) is 0 Å². The fraction of sp³-hybridized carbons (Fsp3) is 0.571. The van der Waals surface area contributed by atoms with E-state index >= 15 is 0 Å². The van der Waals surface area contributed by atoms with E-state index in [2.05, 4.69) is 29.0 Å². The number of rotatable bonds is 5. The number of ether oxygens (including phenoxy) is 1. The minimum atomic E-state index is -0.513. The van der Waals surface area contributed by atoms with Crippen molar-refractivity contribution in [3.8, 4) is 0 Å². The maximum atomic E-state index is 11.1. The van der Waals surface area contributed by atoms with Crippen molar-refractivity contribution in [1.29, 1.82) is 0 Å². The molecule has 1 aromatic heterocycles. The van der Waals surface area contributed by atoms with Crippen LogP contribution in [0, 0.1) is 0 Å². The molecule has 2 heterocycles. The van der Waals surface area contributed by atoms with Crippen molar-refractivity contribution in [2.45, 2.75) is 19.4 Å². The van der Waals surface area contributed by atoms with Crippen LogP contribution in [0.2, 0.25) is 0 Å². The molecule has 1 saturated heterocycles. The van der Waals surface area contributed by atoms with Crippen LogP contribution in [-0.4, -0.2) is 54.2 Å². The molecule has 6 heteroatoms. The summed E-state index contributed by atoms with van der Waals surface area (Å²) in [5, 5.41) is 3.35. The van der Waals surface area contributed by atoms with Gasteiger partial charge in [0.15, 0.2) is 0 Å². The number of nitrogens with two attached hydrogens (primary N) is 1. The molecule has 3 N–H and O–H groups in total. The molecule has 20 heavy (non-hydrogen) atoms. The monoisotopic (exact) mass is 278 g/mol. The average Bonchev–Trinajstić information content (AvgIpc) is 2.46. The van der Waals surface area contributed by atoms with Crippen LogP contribution in [-0.2, 0) is 4.74 Å². The average molecular weight is 278 g/mol. The van der Waals surface area contributed by atoms with E-state index < -0.39 is 5.91 Å². The molecule has 0 saturated carbocycles. The van der Waals surface area contributed by atoms with E-state index in [-0.39, 0.29) is 11.2 Å². The molecule has 2 rings (SSSR count). The third-order valence-electron chi connectivity index (χ3n) is 3.60. The van der Waals surface area contributed by atoms with Crippen molar-refractivity contribution >= 4 is 11.6 Å². The van der Waals surface area contributed by atoms with Gasteiger partial charge in [-0.2, -0.15) is 0 Å². The van der Waals surface area contributed by atoms with Crippen LogP contribution in [0.15, 0.2) is 18.3 Å². The lowest BCUT2D eigenvalue weighted by Crippen LogP contribution is -2.53. The summed E-state index contributed by atoms with van der Waals surface area (Å²) in [7, 11) is 0. The first kappa shape index (κ1) is 14.7. The van der Waals surface area contributed by atoms with Gasteiger partial charge >= 0.3 is 0 Å². The zero-order chi connectivity index (χ0) is 14.6. The highest BCUT2D eigenvalue weighted by atomic mass is 16.5. The standard InChI is InChI=1S/C14H22N4O2/c1-14(2,18-5-7-20-8-6-18)10-17-11-3-4-16-12(9-11)13(15)19/h3-4,9H,5-8,10H2,1-2H3,(H2,15,19)(H,16,17). The summed E-state index contributed by atoms with van der Waals surface area (Å²) in [6.07, 6.45) is 1.59. The molecule has 1 aliphatic rings. The third kappa shape index (κ3) is 3.68. The van der Waals surface area contributed by atoms with Crippen molar-refractivity contribution in [1.82, 2.24) is 9.88 Å². The first-order chi connectivity index (χ1) is 9.49. The molecule has 110 valence electrons. The molecule has 1 aliphatic heterocycles. The smallest absolute Gasteiger partial charge is 0.267 e. The summed E-state index contributed by atoms with van der Waals surface area (Å²) in [5.74, 6) is -0.513. The van der Waals surface area contributed by atoms with Crippen molar-refractivity contribution in [3.63, 3.8) is 0 Å². The van der Waals surface area contributed by atoms with E-state index in [0.717, 1.165) is 38.5 Å². The number of hydrogen-bond acceptors (Lipinski definition) is 5. The minimum absolute atomic E-state index is 0.0138. The Morgan fingerprint density at radius 3 is 2.85 bits per heavy atom.